The summed E-state index contributed by atoms with van der Waals surface area (Å²) in [6.07, 6.45) is -0.0470. The molecule has 0 amide bonds. The monoisotopic (exact) mass is 262 g/mol. The first-order valence-corrected chi connectivity index (χ1v) is 6.05. The number of aromatic nitrogens is 2. The van der Waals surface area contributed by atoms with Crippen LogP contribution in [0, 0.1) is 5.92 Å². The van der Waals surface area contributed by atoms with Crippen molar-refractivity contribution in [1.29, 1.82) is 0 Å². The molecular formula is C12H17F3N2O. The van der Waals surface area contributed by atoms with Crippen LogP contribution in [0.15, 0.2) is 12.4 Å². The molecule has 102 valence electrons. The molecule has 6 heteroatoms. The molecule has 0 saturated heterocycles. The second kappa shape index (κ2) is 4.57. The van der Waals surface area contributed by atoms with Gasteiger partial charge in [-0.25, -0.2) is 4.98 Å². The minimum absolute atomic E-state index is 0.00439. The smallest absolute Gasteiger partial charge is 0.389 e. The third-order valence-corrected chi connectivity index (χ3v) is 3.79. The van der Waals surface area contributed by atoms with Gasteiger partial charge in [0.15, 0.2) is 0 Å². The van der Waals surface area contributed by atoms with E-state index in [1.165, 1.54) is 0 Å². The molecule has 1 aliphatic carbocycles. The van der Waals surface area contributed by atoms with Crippen molar-refractivity contribution in [2.24, 2.45) is 13.0 Å². The number of imidazole rings is 1. The number of aryl methyl sites for hydroxylation is 1. The van der Waals surface area contributed by atoms with Crippen molar-refractivity contribution in [3.05, 3.63) is 18.2 Å². The van der Waals surface area contributed by atoms with Crippen molar-refractivity contribution >= 4 is 0 Å². The van der Waals surface area contributed by atoms with Gasteiger partial charge in [-0.3, -0.25) is 0 Å². The largest absolute Gasteiger partial charge is 0.391 e. The van der Waals surface area contributed by atoms with Crippen LogP contribution >= 0.6 is 0 Å². The van der Waals surface area contributed by atoms with Crippen molar-refractivity contribution in [3.63, 3.8) is 0 Å². The van der Waals surface area contributed by atoms with Crippen LogP contribution < -0.4 is 0 Å². The van der Waals surface area contributed by atoms with Gasteiger partial charge in [0.05, 0.1) is 11.5 Å². The molecule has 2 rings (SSSR count). The van der Waals surface area contributed by atoms with Gasteiger partial charge in [-0.1, -0.05) is 0 Å². The van der Waals surface area contributed by atoms with Gasteiger partial charge in [0.25, 0.3) is 0 Å². The molecule has 1 fully saturated rings. The minimum Gasteiger partial charge on any atom is -0.389 e. The average molecular weight is 262 g/mol. The predicted octanol–water partition coefficient (Wildman–Crippen LogP) is 2.45. The van der Waals surface area contributed by atoms with Crippen LogP contribution in [-0.4, -0.2) is 26.4 Å². The number of hydrogen-bond donors (Lipinski definition) is 1. The van der Waals surface area contributed by atoms with Crippen molar-refractivity contribution in [1.82, 2.24) is 9.55 Å². The first-order chi connectivity index (χ1) is 8.30. The Kier molecular flexibility index (Phi) is 3.40. The lowest BCUT2D eigenvalue weighted by molar-refractivity contribution is -0.192. The molecule has 1 saturated carbocycles. The Morgan fingerprint density at radius 2 is 2.06 bits per heavy atom. The van der Waals surface area contributed by atoms with Gasteiger partial charge >= 0.3 is 6.18 Å². The number of alkyl halides is 3. The second-order valence-electron chi connectivity index (χ2n) is 5.17. The number of nitrogens with zero attached hydrogens (tertiary/aromatic N) is 2. The zero-order valence-corrected chi connectivity index (χ0v) is 10.2. The van der Waals surface area contributed by atoms with E-state index in [-0.39, 0.29) is 25.7 Å². The van der Waals surface area contributed by atoms with E-state index >= 15 is 0 Å². The molecule has 0 aromatic carbocycles. The summed E-state index contributed by atoms with van der Waals surface area (Å²) >= 11 is 0. The van der Waals surface area contributed by atoms with Gasteiger partial charge < -0.3 is 9.67 Å². The normalized spacial score (nSPS) is 29.5. The Morgan fingerprint density at radius 1 is 1.44 bits per heavy atom. The van der Waals surface area contributed by atoms with Gasteiger partial charge in [0.2, 0.25) is 0 Å². The Labute approximate surface area is 104 Å². The van der Waals surface area contributed by atoms with Crippen molar-refractivity contribution < 1.29 is 18.3 Å². The summed E-state index contributed by atoms with van der Waals surface area (Å²) < 4.78 is 39.4. The molecule has 0 bridgehead atoms. The molecule has 0 aliphatic heterocycles. The third kappa shape index (κ3) is 2.85. The molecule has 1 aromatic heterocycles. The predicted molar refractivity (Wildman–Crippen MR) is 59.9 cm³/mol. The second-order valence-corrected chi connectivity index (χ2v) is 5.17. The molecule has 18 heavy (non-hydrogen) atoms. The molecular weight excluding hydrogens is 245 g/mol. The SMILES string of the molecule is Cn1ccnc1CC1(O)CCC(C(F)(F)F)CC1. The molecule has 3 nitrogen and oxygen atoms in total. The van der Waals surface area contributed by atoms with Crippen LogP contribution in [0.2, 0.25) is 0 Å². The number of hydrogen-bond acceptors (Lipinski definition) is 2. The molecule has 1 aliphatic rings. The van der Waals surface area contributed by atoms with Crippen molar-refractivity contribution in [2.75, 3.05) is 0 Å². The minimum atomic E-state index is -4.13. The van der Waals surface area contributed by atoms with E-state index in [1.54, 1.807) is 17.0 Å². The van der Waals surface area contributed by atoms with Gasteiger partial charge in [0, 0.05) is 25.9 Å². The van der Waals surface area contributed by atoms with Crippen molar-refractivity contribution in [2.45, 2.75) is 43.9 Å². The van der Waals surface area contributed by atoms with Crippen LogP contribution in [0.25, 0.3) is 0 Å². The van der Waals surface area contributed by atoms with E-state index in [2.05, 4.69) is 4.98 Å². The Morgan fingerprint density at radius 3 is 2.50 bits per heavy atom. The topological polar surface area (TPSA) is 38.0 Å². The number of aliphatic hydroxyl groups is 1. The fourth-order valence-corrected chi connectivity index (χ4v) is 2.52. The standard InChI is InChI=1S/C12H17F3N2O/c1-17-7-6-16-10(17)8-11(18)4-2-9(3-5-11)12(13,14)15/h6-7,9,18H,2-5,8H2,1H3. The van der Waals surface area contributed by atoms with Crippen LogP contribution in [0.5, 0.6) is 0 Å². The molecule has 0 unspecified atom stereocenters. The van der Waals surface area contributed by atoms with Crippen LogP contribution in [-0.2, 0) is 13.5 Å². The van der Waals surface area contributed by atoms with E-state index in [4.69, 9.17) is 0 Å². The number of halogens is 3. The molecule has 1 heterocycles. The van der Waals surface area contributed by atoms with Gasteiger partial charge in [-0.2, -0.15) is 13.2 Å². The molecule has 1 N–H and O–H groups in total. The lowest BCUT2D eigenvalue weighted by Crippen LogP contribution is -2.40. The maximum Gasteiger partial charge on any atom is 0.391 e. The zero-order chi connectivity index (χ0) is 13.4. The first-order valence-electron chi connectivity index (χ1n) is 6.05. The summed E-state index contributed by atoms with van der Waals surface area (Å²) in [5.74, 6) is -0.554. The van der Waals surface area contributed by atoms with E-state index in [9.17, 15) is 18.3 Å². The molecule has 0 atom stereocenters. The summed E-state index contributed by atoms with van der Waals surface area (Å²) in [6, 6.07) is 0. The Hall–Kier alpha value is -1.04. The summed E-state index contributed by atoms with van der Waals surface area (Å²) in [5, 5.41) is 10.3. The fraction of sp³-hybridized carbons (Fsp3) is 0.750. The number of rotatable bonds is 2. The lowest BCUT2D eigenvalue weighted by Gasteiger charge is -2.36. The van der Waals surface area contributed by atoms with Gasteiger partial charge in [-0.05, 0) is 25.7 Å². The van der Waals surface area contributed by atoms with E-state index in [1.807, 2.05) is 7.05 Å². The highest BCUT2D eigenvalue weighted by Crippen LogP contribution is 2.41. The van der Waals surface area contributed by atoms with Gasteiger partial charge in [0.1, 0.15) is 5.82 Å². The quantitative estimate of drug-likeness (QED) is 0.889. The van der Waals surface area contributed by atoms with Crippen LogP contribution in [0.3, 0.4) is 0 Å². The Balaban J connectivity index is 1.97. The van der Waals surface area contributed by atoms with Crippen LogP contribution in [0.4, 0.5) is 13.2 Å². The maximum atomic E-state index is 12.5. The average Bonchev–Trinajstić information content (AvgIpc) is 2.63. The van der Waals surface area contributed by atoms with Crippen LogP contribution in [0.1, 0.15) is 31.5 Å². The van der Waals surface area contributed by atoms with Crippen molar-refractivity contribution in [3.8, 4) is 0 Å². The van der Waals surface area contributed by atoms with E-state index in [0.717, 1.165) is 0 Å². The lowest BCUT2D eigenvalue weighted by atomic mass is 9.77. The molecule has 0 spiro atoms. The first kappa shape index (κ1) is 13.4. The Bertz CT molecular complexity index is 406. The maximum absolute atomic E-state index is 12.5. The highest BCUT2D eigenvalue weighted by atomic mass is 19.4. The highest BCUT2D eigenvalue weighted by Gasteiger charge is 2.45. The summed E-state index contributed by atoms with van der Waals surface area (Å²) in [4.78, 5) is 4.10. The highest BCUT2D eigenvalue weighted by molar-refractivity contribution is 5.00. The van der Waals surface area contributed by atoms with E-state index in [0.29, 0.717) is 12.2 Å². The molecule has 1 aromatic rings. The summed E-state index contributed by atoms with van der Waals surface area (Å²) in [7, 11) is 1.81. The summed E-state index contributed by atoms with van der Waals surface area (Å²) in [5.41, 5.74) is -1.04. The fourth-order valence-electron chi connectivity index (χ4n) is 2.52. The van der Waals surface area contributed by atoms with E-state index < -0.39 is 17.7 Å². The summed E-state index contributed by atoms with van der Waals surface area (Å²) in [6.45, 7) is 0. The molecule has 0 radical (unpaired) electrons. The van der Waals surface area contributed by atoms with Gasteiger partial charge in [-0.15, -0.1) is 0 Å². The third-order valence-electron chi connectivity index (χ3n) is 3.79. The zero-order valence-electron chi connectivity index (χ0n) is 10.2.